The van der Waals surface area contributed by atoms with Crippen LogP contribution in [0.4, 0.5) is 0 Å². The number of rotatable bonds is 4. The number of hydrogen-bond donors (Lipinski definition) is 0. The Balaban J connectivity index is 1.39. The molecule has 0 spiro atoms. The zero-order chi connectivity index (χ0) is 19.3. The van der Waals surface area contributed by atoms with Crippen LogP contribution in [-0.4, -0.2) is 28.0 Å². The summed E-state index contributed by atoms with van der Waals surface area (Å²) in [5, 5.41) is 2.25. The molecule has 0 aromatic rings. The van der Waals surface area contributed by atoms with Crippen LogP contribution in [0.25, 0.3) is 0 Å². The van der Waals surface area contributed by atoms with Gasteiger partial charge in [0.2, 0.25) is 0 Å². The molecule has 2 heteroatoms. The molecule has 8 aliphatic carbocycles. The molecule has 0 unspecified atom stereocenters. The van der Waals surface area contributed by atoms with Gasteiger partial charge in [0.05, 0.1) is 0 Å². The van der Waals surface area contributed by atoms with E-state index in [2.05, 4.69) is 27.4 Å². The molecule has 8 bridgehead atoms. The van der Waals surface area contributed by atoms with Gasteiger partial charge in [-0.05, 0) is 141 Å². The smallest absolute Gasteiger partial charge is 0.00784 e. The first-order valence-electron chi connectivity index (χ1n) is 12.7. The highest BCUT2D eigenvalue weighted by Crippen LogP contribution is 2.81. The Hall–Kier alpha value is 0.860. The summed E-state index contributed by atoms with van der Waals surface area (Å²) in [6.45, 7) is 10.4. The van der Waals surface area contributed by atoms with Crippen LogP contribution < -0.4 is 0 Å². The van der Waals surface area contributed by atoms with Crippen LogP contribution >= 0.6 is 15.8 Å². The van der Waals surface area contributed by atoms with E-state index in [0.29, 0.717) is 5.16 Å². The molecule has 0 N–H and O–H groups in total. The van der Waals surface area contributed by atoms with E-state index in [4.69, 9.17) is 0 Å². The van der Waals surface area contributed by atoms with Gasteiger partial charge in [0.15, 0.2) is 0 Å². The van der Waals surface area contributed by atoms with Gasteiger partial charge in [0.25, 0.3) is 0 Å². The molecule has 0 nitrogen and oxygen atoms in total. The first-order valence-corrected chi connectivity index (χ1v) is 16.2. The fraction of sp³-hybridized carbons (Fsp3) is 1.00. The third-order valence-electron chi connectivity index (χ3n) is 10.7. The summed E-state index contributed by atoms with van der Waals surface area (Å²) in [7, 11) is 0.380. The lowest BCUT2D eigenvalue weighted by Gasteiger charge is -2.68. The average Bonchev–Trinajstić information content (AvgIpc) is 2.55. The van der Waals surface area contributed by atoms with E-state index >= 15 is 0 Å². The Morgan fingerprint density at radius 2 is 0.893 bits per heavy atom. The summed E-state index contributed by atoms with van der Waals surface area (Å²) < 4.78 is 0. The molecule has 0 aliphatic heterocycles. The highest BCUT2D eigenvalue weighted by Gasteiger charge is 2.62. The van der Waals surface area contributed by atoms with Gasteiger partial charge in [-0.25, -0.2) is 0 Å². The van der Waals surface area contributed by atoms with Crippen LogP contribution in [0.1, 0.15) is 97.8 Å². The molecule has 8 aliphatic rings. The number of hydrogen-bond acceptors (Lipinski definition) is 0. The van der Waals surface area contributed by atoms with Gasteiger partial charge in [-0.1, -0.05) is 36.6 Å². The summed E-state index contributed by atoms with van der Waals surface area (Å²) in [5.74, 6) is 8.54. The van der Waals surface area contributed by atoms with Crippen molar-refractivity contribution in [3.63, 3.8) is 0 Å². The lowest BCUT2D eigenvalue weighted by Crippen LogP contribution is -2.56. The van der Waals surface area contributed by atoms with Crippen molar-refractivity contribution in [1.29, 1.82) is 0 Å². The Kier molecular flexibility index (Phi) is 4.49. The quantitative estimate of drug-likeness (QED) is 0.403. The van der Waals surface area contributed by atoms with Crippen LogP contribution in [0.3, 0.4) is 0 Å². The van der Waals surface area contributed by atoms with Crippen molar-refractivity contribution in [2.24, 2.45) is 35.5 Å². The minimum absolute atomic E-state index is 0.164. The third-order valence-corrected chi connectivity index (χ3v) is 19.2. The van der Waals surface area contributed by atoms with Gasteiger partial charge in [0.1, 0.15) is 0 Å². The fourth-order valence-corrected chi connectivity index (χ4v) is 19.7. The van der Waals surface area contributed by atoms with E-state index in [1.165, 1.54) is 0 Å². The van der Waals surface area contributed by atoms with Crippen molar-refractivity contribution < 1.29 is 0 Å². The van der Waals surface area contributed by atoms with Gasteiger partial charge in [0, 0.05) is 0 Å². The molecule has 8 rings (SSSR count). The Labute approximate surface area is 177 Å². The van der Waals surface area contributed by atoms with Crippen molar-refractivity contribution in [3.05, 3.63) is 0 Å². The van der Waals surface area contributed by atoms with Gasteiger partial charge in [-0.2, -0.15) is 0 Å². The minimum atomic E-state index is 0.164. The molecule has 0 heterocycles. The second-order valence-corrected chi connectivity index (χ2v) is 20.3. The molecule has 28 heavy (non-hydrogen) atoms. The second kappa shape index (κ2) is 6.44. The molecule has 0 aromatic carbocycles. The lowest BCUT2D eigenvalue weighted by molar-refractivity contribution is 0.0188. The SMILES string of the molecule is C[P@@](CP(C12CC3CC(CC(C3)C1)C2)C12CC3CC(CC(C3)C1)C2)C(C)(C)C. The highest BCUT2D eigenvalue weighted by atomic mass is 31.2. The predicted octanol–water partition coefficient (Wildman–Crippen LogP) is 8.27. The van der Waals surface area contributed by atoms with Crippen LogP contribution in [0.15, 0.2) is 0 Å². The second-order valence-electron chi connectivity index (χ2n) is 13.7. The zero-order valence-corrected chi connectivity index (χ0v) is 20.8. The van der Waals surface area contributed by atoms with E-state index in [9.17, 15) is 0 Å². The maximum atomic E-state index is 2.70. The molecular weight excluding hydrogens is 374 g/mol. The molecule has 158 valence electrons. The summed E-state index contributed by atoms with van der Waals surface area (Å²) in [5.41, 5.74) is 0. The summed E-state index contributed by atoms with van der Waals surface area (Å²) in [6.07, 6.45) is 19.9. The largest absolute Gasteiger partial charge is 0.0999 e. The first-order chi connectivity index (χ1) is 13.2. The van der Waals surface area contributed by atoms with Crippen molar-refractivity contribution in [2.45, 2.75) is 113 Å². The van der Waals surface area contributed by atoms with E-state index in [1.807, 2.05) is 0 Å². The molecule has 8 fully saturated rings. The van der Waals surface area contributed by atoms with Crippen molar-refractivity contribution in [3.8, 4) is 0 Å². The van der Waals surface area contributed by atoms with Crippen molar-refractivity contribution in [1.82, 2.24) is 0 Å². The molecule has 0 aromatic heterocycles. The highest BCUT2D eigenvalue weighted by molar-refractivity contribution is 7.76. The first kappa shape index (κ1) is 19.5. The van der Waals surface area contributed by atoms with Gasteiger partial charge in [-0.15, -0.1) is 0 Å². The van der Waals surface area contributed by atoms with E-state index in [-0.39, 0.29) is 15.8 Å². The lowest BCUT2D eigenvalue weighted by atomic mass is 9.55. The molecule has 1 atom stereocenters. The van der Waals surface area contributed by atoms with Crippen LogP contribution in [0, 0.1) is 35.5 Å². The van der Waals surface area contributed by atoms with Crippen LogP contribution in [-0.2, 0) is 0 Å². The standard InChI is InChI=1S/C26H44P2/c1-24(2,3)27(4)17-28(25-11-18-5-19(12-25)7-20(6-18)13-25)26-14-21-8-22(15-26)10-23(9-21)16-26/h18-23H,5-17H2,1-4H3/t18?,19?,20?,21?,22?,23?,25?,26?,27-,28?/m0/s1. The maximum Gasteiger partial charge on any atom is -0.00784 e. The van der Waals surface area contributed by atoms with Crippen molar-refractivity contribution in [2.75, 3.05) is 12.6 Å². The average molecular weight is 419 g/mol. The van der Waals surface area contributed by atoms with Gasteiger partial charge < -0.3 is 0 Å². The molecule has 0 amide bonds. The topological polar surface area (TPSA) is 0 Å². The maximum absolute atomic E-state index is 2.70. The van der Waals surface area contributed by atoms with E-state index in [0.717, 1.165) is 45.8 Å². The van der Waals surface area contributed by atoms with Gasteiger partial charge in [-0.3, -0.25) is 0 Å². The fourth-order valence-electron chi connectivity index (χ4n) is 10.0. The van der Waals surface area contributed by atoms with E-state index in [1.54, 1.807) is 83.0 Å². The predicted molar refractivity (Wildman–Crippen MR) is 126 cm³/mol. The monoisotopic (exact) mass is 418 g/mol. The third kappa shape index (κ3) is 3.04. The summed E-state index contributed by atoms with van der Waals surface area (Å²) in [4.78, 5) is 0. The summed E-state index contributed by atoms with van der Waals surface area (Å²) in [6, 6.07) is 0. The Morgan fingerprint density at radius 1 is 0.607 bits per heavy atom. The summed E-state index contributed by atoms with van der Waals surface area (Å²) >= 11 is 0. The van der Waals surface area contributed by atoms with Crippen LogP contribution in [0.2, 0.25) is 0 Å². The Bertz CT molecular complexity index is 514. The molecule has 0 saturated heterocycles. The molecular formula is C26H44P2. The Morgan fingerprint density at radius 3 is 1.14 bits per heavy atom. The molecule has 0 radical (unpaired) electrons. The van der Waals surface area contributed by atoms with E-state index < -0.39 is 0 Å². The zero-order valence-electron chi connectivity index (χ0n) is 19.1. The minimum Gasteiger partial charge on any atom is -0.0999 e. The van der Waals surface area contributed by atoms with Crippen LogP contribution in [0.5, 0.6) is 0 Å². The van der Waals surface area contributed by atoms with Gasteiger partial charge >= 0.3 is 0 Å². The normalized spacial score (nSPS) is 53.6. The molecule has 8 saturated carbocycles. The van der Waals surface area contributed by atoms with Crippen molar-refractivity contribution >= 4 is 15.8 Å².